The van der Waals surface area contributed by atoms with E-state index in [1.165, 1.54) is 5.56 Å². The molecular formula is C12H18N2O. The van der Waals surface area contributed by atoms with Crippen molar-refractivity contribution in [3.63, 3.8) is 0 Å². The summed E-state index contributed by atoms with van der Waals surface area (Å²) in [5.74, 6) is 0.913. The number of rotatable bonds is 1. The van der Waals surface area contributed by atoms with Crippen molar-refractivity contribution in [3.05, 3.63) is 23.4 Å². The molecule has 1 unspecified atom stereocenters. The van der Waals surface area contributed by atoms with Gasteiger partial charge < -0.3 is 10.0 Å². The lowest BCUT2D eigenvalue weighted by Crippen LogP contribution is -2.29. The number of fused-ring (bicyclic) bond motifs is 1. The molecule has 0 spiro atoms. The molecule has 3 heteroatoms. The molecule has 1 aromatic heterocycles. The van der Waals surface area contributed by atoms with E-state index in [4.69, 9.17) is 0 Å². The van der Waals surface area contributed by atoms with Crippen molar-refractivity contribution < 1.29 is 5.11 Å². The minimum absolute atomic E-state index is 0.750. The molecular weight excluding hydrogens is 188 g/mol. The van der Waals surface area contributed by atoms with Gasteiger partial charge in [-0.3, -0.25) is 0 Å². The first-order valence-corrected chi connectivity index (χ1v) is 5.41. The Balaban J connectivity index is 2.49. The molecule has 0 bridgehead atoms. The van der Waals surface area contributed by atoms with E-state index in [-0.39, 0.29) is 0 Å². The number of aromatic nitrogens is 1. The van der Waals surface area contributed by atoms with Crippen molar-refractivity contribution in [2.75, 3.05) is 19.0 Å². The van der Waals surface area contributed by atoms with E-state index < -0.39 is 5.60 Å². The lowest BCUT2D eigenvalue weighted by atomic mass is 9.84. The third-order valence-corrected chi connectivity index (χ3v) is 3.04. The highest BCUT2D eigenvalue weighted by Crippen LogP contribution is 2.34. The van der Waals surface area contributed by atoms with Gasteiger partial charge >= 0.3 is 0 Å². The standard InChI is InChI=1S/C12H18N2O/c1-12(15)8-4-5-9-6-7-10(14(2)3)13-11(9)12/h6-7,15H,4-5,8H2,1-3H3. The highest BCUT2D eigenvalue weighted by atomic mass is 16.3. The zero-order valence-electron chi connectivity index (χ0n) is 9.62. The molecule has 0 saturated carbocycles. The number of hydrogen-bond donors (Lipinski definition) is 1. The zero-order valence-corrected chi connectivity index (χ0v) is 9.62. The molecule has 15 heavy (non-hydrogen) atoms. The van der Waals surface area contributed by atoms with Gasteiger partial charge in [0.05, 0.1) is 5.69 Å². The summed E-state index contributed by atoms with van der Waals surface area (Å²) in [6.45, 7) is 1.86. The maximum absolute atomic E-state index is 10.3. The lowest BCUT2D eigenvalue weighted by molar-refractivity contribution is 0.0341. The molecule has 0 fully saturated rings. The number of anilines is 1. The van der Waals surface area contributed by atoms with E-state index in [0.29, 0.717) is 0 Å². The molecule has 3 nitrogen and oxygen atoms in total. The first-order valence-electron chi connectivity index (χ1n) is 5.41. The van der Waals surface area contributed by atoms with Crippen molar-refractivity contribution in [2.45, 2.75) is 31.8 Å². The first kappa shape index (κ1) is 10.4. The van der Waals surface area contributed by atoms with Crippen LogP contribution in [0.3, 0.4) is 0 Å². The van der Waals surface area contributed by atoms with Crippen LogP contribution in [0.1, 0.15) is 31.0 Å². The molecule has 82 valence electrons. The Morgan fingerprint density at radius 1 is 1.40 bits per heavy atom. The first-order chi connectivity index (χ1) is 7.00. The van der Waals surface area contributed by atoms with E-state index in [9.17, 15) is 5.11 Å². The minimum atomic E-state index is -0.750. The van der Waals surface area contributed by atoms with Crippen molar-refractivity contribution in [1.82, 2.24) is 4.98 Å². The minimum Gasteiger partial charge on any atom is -0.384 e. The largest absolute Gasteiger partial charge is 0.384 e. The highest BCUT2D eigenvalue weighted by molar-refractivity contribution is 5.42. The van der Waals surface area contributed by atoms with Gasteiger partial charge in [-0.05, 0) is 37.8 Å². The van der Waals surface area contributed by atoms with Crippen molar-refractivity contribution >= 4 is 5.82 Å². The molecule has 1 aliphatic rings. The summed E-state index contributed by atoms with van der Waals surface area (Å²) in [6.07, 6.45) is 2.89. The van der Waals surface area contributed by atoms with E-state index in [1.807, 2.05) is 32.0 Å². The van der Waals surface area contributed by atoms with Gasteiger partial charge in [-0.15, -0.1) is 0 Å². The molecule has 1 heterocycles. The Morgan fingerprint density at radius 3 is 2.80 bits per heavy atom. The van der Waals surface area contributed by atoms with E-state index in [2.05, 4.69) is 11.1 Å². The quantitative estimate of drug-likeness (QED) is 0.759. The second-order valence-corrected chi connectivity index (χ2v) is 4.70. The third-order valence-electron chi connectivity index (χ3n) is 3.04. The fourth-order valence-electron chi connectivity index (χ4n) is 2.14. The summed E-state index contributed by atoms with van der Waals surface area (Å²) in [6, 6.07) is 4.10. The summed E-state index contributed by atoms with van der Waals surface area (Å²) < 4.78 is 0. The predicted molar refractivity (Wildman–Crippen MR) is 61.1 cm³/mol. The van der Waals surface area contributed by atoms with Crippen LogP contribution in [0, 0.1) is 0 Å². The second kappa shape index (κ2) is 3.49. The van der Waals surface area contributed by atoms with Gasteiger partial charge in [0.15, 0.2) is 0 Å². The van der Waals surface area contributed by atoms with E-state index in [1.54, 1.807) is 0 Å². The molecule has 0 aromatic carbocycles. The Labute approximate surface area is 90.8 Å². The molecule has 1 aromatic rings. The van der Waals surface area contributed by atoms with Gasteiger partial charge in [0.25, 0.3) is 0 Å². The summed E-state index contributed by atoms with van der Waals surface area (Å²) in [5.41, 5.74) is 1.30. The zero-order chi connectivity index (χ0) is 11.1. The number of aryl methyl sites for hydroxylation is 1. The summed E-state index contributed by atoms with van der Waals surface area (Å²) >= 11 is 0. The molecule has 1 atom stereocenters. The van der Waals surface area contributed by atoms with Gasteiger partial charge in [0.1, 0.15) is 11.4 Å². The molecule has 0 amide bonds. The molecule has 1 N–H and O–H groups in total. The van der Waals surface area contributed by atoms with Crippen LogP contribution >= 0.6 is 0 Å². The topological polar surface area (TPSA) is 36.4 Å². The van der Waals surface area contributed by atoms with Gasteiger partial charge in [0.2, 0.25) is 0 Å². The van der Waals surface area contributed by atoms with Crippen molar-refractivity contribution in [2.24, 2.45) is 0 Å². The second-order valence-electron chi connectivity index (χ2n) is 4.70. The molecule has 2 rings (SSSR count). The van der Waals surface area contributed by atoms with Gasteiger partial charge in [-0.1, -0.05) is 6.07 Å². The van der Waals surface area contributed by atoms with E-state index in [0.717, 1.165) is 30.8 Å². The summed E-state index contributed by atoms with van der Waals surface area (Å²) in [4.78, 5) is 6.50. The lowest BCUT2D eigenvalue weighted by Gasteiger charge is -2.30. The van der Waals surface area contributed by atoms with Crippen LogP contribution in [0.4, 0.5) is 5.82 Å². The number of nitrogens with zero attached hydrogens (tertiary/aromatic N) is 2. The average Bonchev–Trinajstić information content (AvgIpc) is 2.17. The smallest absolute Gasteiger partial charge is 0.128 e. The third kappa shape index (κ3) is 1.84. The summed E-state index contributed by atoms with van der Waals surface area (Å²) in [7, 11) is 3.93. The van der Waals surface area contributed by atoms with Crippen molar-refractivity contribution in [3.8, 4) is 0 Å². The fourth-order valence-corrected chi connectivity index (χ4v) is 2.14. The van der Waals surface area contributed by atoms with Crippen LogP contribution < -0.4 is 4.90 Å². The Bertz CT molecular complexity index is 372. The SMILES string of the molecule is CN(C)c1ccc2c(n1)C(C)(O)CCC2. The monoisotopic (exact) mass is 206 g/mol. The molecule has 0 saturated heterocycles. The van der Waals surface area contributed by atoms with Crippen LogP contribution in [0.2, 0.25) is 0 Å². The number of hydrogen-bond acceptors (Lipinski definition) is 3. The maximum atomic E-state index is 10.3. The number of pyridine rings is 1. The van der Waals surface area contributed by atoms with Crippen LogP contribution in [0.15, 0.2) is 12.1 Å². The maximum Gasteiger partial charge on any atom is 0.128 e. The van der Waals surface area contributed by atoms with Crippen molar-refractivity contribution in [1.29, 1.82) is 0 Å². The van der Waals surface area contributed by atoms with Gasteiger partial charge in [-0.2, -0.15) is 0 Å². The van der Waals surface area contributed by atoms with E-state index >= 15 is 0 Å². The number of aliphatic hydroxyl groups is 1. The summed E-state index contributed by atoms with van der Waals surface area (Å²) in [5, 5.41) is 10.3. The van der Waals surface area contributed by atoms with Crippen LogP contribution in [-0.4, -0.2) is 24.2 Å². The molecule has 0 aliphatic heterocycles. The Hall–Kier alpha value is -1.09. The Morgan fingerprint density at radius 2 is 2.13 bits per heavy atom. The van der Waals surface area contributed by atoms with Gasteiger partial charge in [0, 0.05) is 14.1 Å². The Kier molecular flexibility index (Phi) is 2.43. The predicted octanol–water partition coefficient (Wildman–Crippen LogP) is 1.69. The van der Waals surface area contributed by atoms with Crippen LogP contribution in [0.5, 0.6) is 0 Å². The molecule has 1 aliphatic carbocycles. The van der Waals surface area contributed by atoms with Crippen LogP contribution in [-0.2, 0) is 12.0 Å². The average molecular weight is 206 g/mol. The van der Waals surface area contributed by atoms with Gasteiger partial charge in [-0.25, -0.2) is 4.98 Å². The van der Waals surface area contributed by atoms with Crippen LogP contribution in [0.25, 0.3) is 0 Å². The highest BCUT2D eigenvalue weighted by Gasteiger charge is 2.31. The normalized spacial score (nSPS) is 24.8. The molecule has 0 radical (unpaired) electrons. The fraction of sp³-hybridized carbons (Fsp3) is 0.583.